The Morgan fingerprint density at radius 1 is 0.500 bits per heavy atom. The summed E-state index contributed by atoms with van der Waals surface area (Å²) >= 11 is 12.3. The van der Waals surface area contributed by atoms with Gasteiger partial charge < -0.3 is 0 Å². The van der Waals surface area contributed by atoms with Crippen LogP contribution in [0.25, 0.3) is 0 Å². The molecule has 3 aromatic carbocycles. The van der Waals surface area contributed by atoms with Gasteiger partial charge in [-0.15, -0.1) is 0 Å². The summed E-state index contributed by atoms with van der Waals surface area (Å²) in [4.78, 5) is 0. The highest BCUT2D eigenvalue weighted by Gasteiger charge is 2.16. The molecule has 0 aliphatic heterocycles. The van der Waals surface area contributed by atoms with Crippen LogP contribution in [-0.4, -0.2) is 0 Å². The van der Waals surface area contributed by atoms with E-state index in [0.717, 1.165) is 0 Å². The molecule has 0 bridgehead atoms. The monoisotopic (exact) mass is 454 g/mol. The zero-order chi connectivity index (χ0) is 22.0. The first kappa shape index (κ1) is 22.6. The number of benzene rings is 3. The summed E-state index contributed by atoms with van der Waals surface area (Å²) in [5, 5.41) is 0.0438. The van der Waals surface area contributed by atoms with Gasteiger partial charge in [0.2, 0.25) is 0 Å². The molecule has 0 aliphatic rings. The molecule has 3 aromatic rings. The third-order valence-electron chi connectivity index (χ3n) is 5.28. The minimum absolute atomic E-state index is 0.0215. The topological polar surface area (TPSA) is 0 Å². The number of hydrogen-bond acceptors (Lipinski definition) is 0. The smallest absolute Gasteiger partial charge is 0.162 e. The Bertz CT molecular complexity index is 1010. The highest BCUT2D eigenvalue weighted by Crippen LogP contribution is 2.28. The molecule has 6 heteroatoms. The van der Waals surface area contributed by atoms with Gasteiger partial charge in [0.05, 0.1) is 10.0 Å². The van der Waals surface area contributed by atoms with Gasteiger partial charge in [0.1, 0.15) is 11.6 Å². The van der Waals surface area contributed by atoms with Gasteiger partial charge in [0, 0.05) is 0 Å². The van der Waals surface area contributed by atoms with E-state index in [4.69, 9.17) is 23.2 Å². The second kappa shape index (κ2) is 9.40. The fraction of sp³-hybridized carbons (Fsp3) is 0.250. The SMILES string of the molecule is Cc1ccc(CCc2ccc(CCc3ccc(C)c(F)c3Cl)c(Cl)c2F)c(F)c1F. The van der Waals surface area contributed by atoms with Crippen LogP contribution < -0.4 is 0 Å². The van der Waals surface area contributed by atoms with E-state index in [-0.39, 0.29) is 34.0 Å². The van der Waals surface area contributed by atoms with Crippen molar-refractivity contribution in [2.24, 2.45) is 0 Å². The molecule has 0 nitrogen and oxygen atoms in total. The van der Waals surface area contributed by atoms with Crippen LogP contribution in [0.2, 0.25) is 10.0 Å². The molecule has 158 valence electrons. The third-order valence-corrected chi connectivity index (χ3v) is 6.10. The number of hydrogen-bond donors (Lipinski definition) is 0. The molecule has 0 aliphatic carbocycles. The van der Waals surface area contributed by atoms with Crippen LogP contribution in [0.3, 0.4) is 0 Å². The molecule has 0 saturated heterocycles. The molecular formula is C24H20Cl2F4. The van der Waals surface area contributed by atoms with E-state index in [2.05, 4.69) is 0 Å². The maximum Gasteiger partial charge on any atom is 0.162 e. The summed E-state index contributed by atoms with van der Waals surface area (Å²) in [6, 6.07) is 9.69. The summed E-state index contributed by atoms with van der Waals surface area (Å²) in [5.41, 5.74) is 2.39. The predicted octanol–water partition coefficient (Wildman–Crippen LogP) is 7.74. The van der Waals surface area contributed by atoms with Gasteiger partial charge in [0.15, 0.2) is 11.6 Å². The first-order valence-electron chi connectivity index (χ1n) is 9.53. The van der Waals surface area contributed by atoms with Crippen molar-refractivity contribution in [3.05, 3.63) is 103 Å². The Hall–Kier alpha value is -2.04. The Labute approximate surface area is 183 Å². The van der Waals surface area contributed by atoms with E-state index in [9.17, 15) is 17.6 Å². The van der Waals surface area contributed by atoms with Gasteiger partial charge >= 0.3 is 0 Å². The Kier molecular flexibility index (Phi) is 7.10. The standard InChI is InChI=1S/C24H20Cl2F4/c1-13-3-5-15(19(25)21(13)27)7-8-16-9-10-17(23(29)20(16)26)11-12-18-6-4-14(2)22(28)24(18)30/h3-6,9-10H,7-8,11-12H2,1-2H3. The largest absolute Gasteiger partial charge is 0.205 e. The van der Waals surface area contributed by atoms with Crippen molar-refractivity contribution in [3.63, 3.8) is 0 Å². The lowest BCUT2D eigenvalue weighted by Crippen LogP contribution is -2.03. The first-order chi connectivity index (χ1) is 14.2. The number of rotatable bonds is 6. The van der Waals surface area contributed by atoms with Crippen molar-refractivity contribution in [2.45, 2.75) is 39.5 Å². The highest BCUT2D eigenvalue weighted by molar-refractivity contribution is 6.32. The van der Waals surface area contributed by atoms with E-state index in [1.165, 1.54) is 19.1 Å². The first-order valence-corrected chi connectivity index (χ1v) is 10.3. The molecule has 0 spiro atoms. The lowest BCUT2D eigenvalue weighted by molar-refractivity contribution is 0.492. The highest BCUT2D eigenvalue weighted by atomic mass is 35.5. The van der Waals surface area contributed by atoms with Crippen molar-refractivity contribution in [1.82, 2.24) is 0 Å². The summed E-state index contributed by atoms with van der Waals surface area (Å²) in [7, 11) is 0. The van der Waals surface area contributed by atoms with Crippen molar-refractivity contribution in [2.75, 3.05) is 0 Å². The fourth-order valence-electron chi connectivity index (χ4n) is 3.31. The quantitative estimate of drug-likeness (QED) is 0.334. The Morgan fingerprint density at radius 3 is 1.47 bits per heavy atom. The van der Waals surface area contributed by atoms with E-state index in [0.29, 0.717) is 35.1 Å². The van der Waals surface area contributed by atoms with Gasteiger partial charge in [-0.2, -0.15) is 0 Å². The van der Waals surface area contributed by atoms with Crippen molar-refractivity contribution in [1.29, 1.82) is 0 Å². The third kappa shape index (κ3) is 4.65. The molecule has 0 atom stereocenters. The maximum atomic E-state index is 14.7. The van der Waals surface area contributed by atoms with Gasteiger partial charge in [-0.25, -0.2) is 17.6 Å². The average molecular weight is 455 g/mol. The van der Waals surface area contributed by atoms with Crippen LogP contribution in [0.5, 0.6) is 0 Å². The maximum absolute atomic E-state index is 14.7. The molecule has 0 fully saturated rings. The molecule has 0 saturated carbocycles. The van der Waals surface area contributed by atoms with Crippen LogP contribution in [0.4, 0.5) is 17.6 Å². The molecular weight excluding hydrogens is 435 g/mol. The van der Waals surface area contributed by atoms with Crippen molar-refractivity contribution < 1.29 is 17.6 Å². The lowest BCUT2D eigenvalue weighted by Gasteiger charge is -2.12. The fourth-order valence-corrected chi connectivity index (χ4v) is 3.90. The van der Waals surface area contributed by atoms with Crippen LogP contribution in [0.15, 0.2) is 36.4 Å². The average Bonchev–Trinajstić information content (AvgIpc) is 2.73. The second-order valence-corrected chi connectivity index (χ2v) is 8.11. The molecule has 0 N–H and O–H groups in total. The van der Waals surface area contributed by atoms with Gasteiger partial charge in [0.25, 0.3) is 0 Å². The molecule has 0 unspecified atom stereocenters. The van der Waals surface area contributed by atoms with Crippen LogP contribution >= 0.6 is 23.2 Å². The van der Waals surface area contributed by atoms with Crippen LogP contribution in [0, 0.1) is 37.1 Å². The summed E-state index contributed by atoms with van der Waals surface area (Å²) in [5.74, 6) is -2.82. The van der Waals surface area contributed by atoms with Crippen LogP contribution in [0.1, 0.15) is 33.4 Å². The summed E-state index contributed by atoms with van der Waals surface area (Å²) < 4.78 is 56.4. The summed E-state index contributed by atoms with van der Waals surface area (Å²) in [6.45, 7) is 3.12. The normalized spacial score (nSPS) is 11.2. The molecule has 0 heterocycles. The predicted molar refractivity (Wildman–Crippen MR) is 113 cm³/mol. The lowest BCUT2D eigenvalue weighted by atomic mass is 9.98. The van der Waals surface area contributed by atoms with Gasteiger partial charge in [-0.05, 0) is 72.9 Å². The van der Waals surface area contributed by atoms with E-state index in [1.807, 2.05) is 0 Å². The Morgan fingerprint density at radius 2 is 0.867 bits per heavy atom. The number of aryl methyl sites for hydroxylation is 6. The van der Waals surface area contributed by atoms with E-state index < -0.39 is 23.3 Å². The second-order valence-electron chi connectivity index (χ2n) is 7.35. The number of halogens is 6. The van der Waals surface area contributed by atoms with E-state index in [1.54, 1.807) is 31.2 Å². The van der Waals surface area contributed by atoms with Crippen molar-refractivity contribution in [3.8, 4) is 0 Å². The van der Waals surface area contributed by atoms with Crippen molar-refractivity contribution >= 4 is 23.2 Å². The molecule has 3 rings (SSSR count). The molecule has 0 aromatic heterocycles. The minimum atomic E-state index is -0.902. The Balaban J connectivity index is 1.73. The van der Waals surface area contributed by atoms with Gasteiger partial charge in [-0.3, -0.25) is 0 Å². The zero-order valence-electron chi connectivity index (χ0n) is 16.6. The molecule has 0 amide bonds. The van der Waals surface area contributed by atoms with E-state index >= 15 is 0 Å². The summed E-state index contributed by atoms with van der Waals surface area (Å²) in [6.07, 6.45) is 1.12. The molecule has 30 heavy (non-hydrogen) atoms. The van der Waals surface area contributed by atoms with Gasteiger partial charge in [-0.1, -0.05) is 59.6 Å². The molecule has 0 radical (unpaired) electrons. The van der Waals surface area contributed by atoms with Crippen LogP contribution in [-0.2, 0) is 25.7 Å². The zero-order valence-corrected chi connectivity index (χ0v) is 18.1. The minimum Gasteiger partial charge on any atom is -0.205 e.